The van der Waals surface area contributed by atoms with Gasteiger partial charge in [-0.15, -0.1) is 0 Å². The SMILES string of the molecule is CCOc1ccc(CNC(=O)CN(c2cccc([N+](=O)[O-])c2)S(=O)(=O)c2ccccc2)cc1. The Kier molecular flexibility index (Phi) is 7.62. The minimum atomic E-state index is -4.15. The molecule has 3 aromatic rings. The highest BCUT2D eigenvalue weighted by Gasteiger charge is 2.28. The summed E-state index contributed by atoms with van der Waals surface area (Å²) in [6.45, 7) is 2.05. The summed E-state index contributed by atoms with van der Waals surface area (Å²) in [6, 6.07) is 19.9. The fourth-order valence-corrected chi connectivity index (χ4v) is 4.49. The monoisotopic (exact) mass is 469 g/mol. The lowest BCUT2D eigenvalue weighted by molar-refractivity contribution is -0.384. The van der Waals surface area contributed by atoms with Crippen LogP contribution in [0.1, 0.15) is 12.5 Å². The molecule has 10 heteroatoms. The highest BCUT2D eigenvalue weighted by molar-refractivity contribution is 7.92. The molecule has 0 spiro atoms. The standard InChI is InChI=1S/C23H23N3O6S/c1-2-32-21-13-11-18(12-14-21)16-24-23(27)17-25(19-7-6-8-20(15-19)26(28)29)33(30,31)22-9-4-3-5-10-22/h3-15H,2,16-17H2,1H3,(H,24,27). The predicted octanol–water partition coefficient (Wildman–Crippen LogP) is 3.51. The number of amides is 1. The molecule has 0 saturated carbocycles. The summed E-state index contributed by atoms with van der Waals surface area (Å²) in [4.78, 5) is 23.2. The smallest absolute Gasteiger partial charge is 0.271 e. The number of nitrogens with one attached hydrogen (secondary N) is 1. The van der Waals surface area contributed by atoms with Crippen molar-refractivity contribution in [2.75, 3.05) is 17.5 Å². The number of rotatable bonds is 10. The third-order valence-electron chi connectivity index (χ3n) is 4.67. The number of carbonyl (C=O) groups excluding carboxylic acids is 1. The summed E-state index contributed by atoms with van der Waals surface area (Å²) in [6.07, 6.45) is 0. The van der Waals surface area contributed by atoms with E-state index in [0.717, 1.165) is 15.9 Å². The molecule has 0 heterocycles. The summed E-state index contributed by atoms with van der Waals surface area (Å²) in [5.41, 5.74) is 0.541. The van der Waals surface area contributed by atoms with E-state index in [0.29, 0.717) is 12.4 Å². The van der Waals surface area contributed by atoms with E-state index in [2.05, 4.69) is 5.32 Å². The van der Waals surface area contributed by atoms with E-state index in [1.54, 1.807) is 42.5 Å². The topological polar surface area (TPSA) is 119 Å². The first-order valence-corrected chi connectivity index (χ1v) is 11.6. The predicted molar refractivity (Wildman–Crippen MR) is 124 cm³/mol. The molecule has 0 saturated heterocycles. The zero-order valence-electron chi connectivity index (χ0n) is 17.9. The molecule has 0 bridgehead atoms. The highest BCUT2D eigenvalue weighted by atomic mass is 32.2. The molecule has 0 fully saturated rings. The van der Waals surface area contributed by atoms with Gasteiger partial charge in [-0.05, 0) is 42.8 Å². The van der Waals surface area contributed by atoms with Gasteiger partial charge in [0, 0.05) is 18.7 Å². The van der Waals surface area contributed by atoms with Crippen LogP contribution >= 0.6 is 0 Å². The minimum absolute atomic E-state index is 0.0178. The van der Waals surface area contributed by atoms with Gasteiger partial charge in [0.1, 0.15) is 12.3 Å². The van der Waals surface area contributed by atoms with E-state index in [1.165, 1.54) is 30.3 Å². The van der Waals surface area contributed by atoms with Gasteiger partial charge >= 0.3 is 0 Å². The number of benzene rings is 3. The number of ether oxygens (including phenoxy) is 1. The normalized spacial score (nSPS) is 10.9. The van der Waals surface area contributed by atoms with Crippen LogP contribution in [-0.2, 0) is 21.4 Å². The van der Waals surface area contributed by atoms with Crippen molar-refractivity contribution in [1.29, 1.82) is 0 Å². The summed E-state index contributed by atoms with van der Waals surface area (Å²) in [7, 11) is -4.15. The zero-order valence-corrected chi connectivity index (χ0v) is 18.7. The summed E-state index contributed by atoms with van der Waals surface area (Å²) in [5.74, 6) is 0.147. The molecule has 0 unspecified atom stereocenters. The third kappa shape index (κ3) is 6.07. The lowest BCUT2D eigenvalue weighted by Crippen LogP contribution is -2.40. The largest absolute Gasteiger partial charge is 0.494 e. The van der Waals surface area contributed by atoms with Crippen LogP contribution in [0.2, 0.25) is 0 Å². The zero-order chi connectivity index (χ0) is 23.8. The maximum atomic E-state index is 13.3. The molecule has 3 aromatic carbocycles. The van der Waals surface area contributed by atoms with E-state index in [9.17, 15) is 23.3 Å². The average Bonchev–Trinajstić information content (AvgIpc) is 2.83. The molecule has 9 nitrogen and oxygen atoms in total. The number of sulfonamides is 1. The van der Waals surface area contributed by atoms with E-state index in [4.69, 9.17) is 4.74 Å². The molecule has 33 heavy (non-hydrogen) atoms. The van der Waals surface area contributed by atoms with E-state index < -0.39 is 27.4 Å². The first kappa shape index (κ1) is 23.7. The van der Waals surface area contributed by atoms with Gasteiger partial charge in [0.05, 0.1) is 22.1 Å². The van der Waals surface area contributed by atoms with Crippen molar-refractivity contribution in [1.82, 2.24) is 5.32 Å². The Morgan fingerprint density at radius 3 is 2.36 bits per heavy atom. The van der Waals surface area contributed by atoms with Gasteiger partial charge in [-0.2, -0.15) is 0 Å². The fraction of sp³-hybridized carbons (Fsp3) is 0.174. The van der Waals surface area contributed by atoms with Crippen LogP contribution in [0.5, 0.6) is 5.75 Å². The van der Waals surface area contributed by atoms with Crippen molar-refractivity contribution >= 4 is 27.3 Å². The molecule has 0 aliphatic heterocycles. The van der Waals surface area contributed by atoms with Crippen molar-refractivity contribution < 1.29 is 22.9 Å². The van der Waals surface area contributed by atoms with Crippen LogP contribution in [0, 0.1) is 10.1 Å². The molecular formula is C23H23N3O6S. The quantitative estimate of drug-likeness (QED) is 0.359. The number of nitrogens with zero attached hydrogens (tertiary/aromatic N) is 2. The molecule has 3 rings (SSSR count). The van der Waals surface area contributed by atoms with Crippen LogP contribution in [0.3, 0.4) is 0 Å². The number of non-ortho nitro benzene ring substituents is 1. The van der Waals surface area contributed by atoms with E-state index in [1.807, 2.05) is 6.92 Å². The number of nitro benzene ring substituents is 1. The van der Waals surface area contributed by atoms with E-state index >= 15 is 0 Å². The van der Waals surface area contributed by atoms with Gasteiger partial charge in [0.15, 0.2) is 0 Å². The second-order valence-electron chi connectivity index (χ2n) is 6.96. The number of nitro groups is 1. The van der Waals surface area contributed by atoms with Crippen LogP contribution in [0.15, 0.2) is 83.8 Å². The number of anilines is 1. The Balaban J connectivity index is 1.83. The Bertz CT molecular complexity index is 1210. The maximum absolute atomic E-state index is 13.3. The first-order valence-electron chi connectivity index (χ1n) is 10.1. The van der Waals surface area contributed by atoms with Gasteiger partial charge in [-0.25, -0.2) is 8.42 Å². The second kappa shape index (κ2) is 10.6. The van der Waals surface area contributed by atoms with Gasteiger partial charge in [0.25, 0.3) is 15.7 Å². The minimum Gasteiger partial charge on any atom is -0.494 e. The van der Waals surface area contributed by atoms with Crippen molar-refractivity contribution in [3.05, 3.63) is 94.5 Å². The maximum Gasteiger partial charge on any atom is 0.271 e. The summed E-state index contributed by atoms with van der Waals surface area (Å²) >= 11 is 0. The summed E-state index contributed by atoms with van der Waals surface area (Å²) in [5, 5.41) is 13.9. The first-order chi connectivity index (χ1) is 15.8. The molecule has 0 radical (unpaired) electrons. The van der Waals surface area contributed by atoms with Gasteiger partial charge in [-0.3, -0.25) is 19.2 Å². The Morgan fingerprint density at radius 1 is 1.03 bits per heavy atom. The Morgan fingerprint density at radius 2 is 1.73 bits per heavy atom. The van der Waals surface area contributed by atoms with Gasteiger partial charge in [-0.1, -0.05) is 36.4 Å². The Hall–Kier alpha value is -3.92. The molecule has 0 aliphatic carbocycles. The van der Waals surface area contributed by atoms with Crippen molar-refractivity contribution in [2.45, 2.75) is 18.4 Å². The van der Waals surface area contributed by atoms with Crippen LogP contribution < -0.4 is 14.4 Å². The number of carbonyl (C=O) groups is 1. The van der Waals surface area contributed by atoms with Crippen molar-refractivity contribution in [3.63, 3.8) is 0 Å². The number of hydrogen-bond acceptors (Lipinski definition) is 6. The van der Waals surface area contributed by atoms with E-state index in [-0.39, 0.29) is 22.8 Å². The molecule has 0 aliphatic rings. The molecular weight excluding hydrogens is 446 g/mol. The lowest BCUT2D eigenvalue weighted by atomic mass is 10.2. The van der Waals surface area contributed by atoms with Gasteiger partial charge < -0.3 is 10.1 Å². The van der Waals surface area contributed by atoms with Crippen molar-refractivity contribution in [3.8, 4) is 5.75 Å². The molecule has 0 aromatic heterocycles. The third-order valence-corrected chi connectivity index (χ3v) is 6.46. The average molecular weight is 470 g/mol. The van der Waals surface area contributed by atoms with Crippen molar-refractivity contribution in [2.24, 2.45) is 0 Å². The molecule has 1 N–H and O–H groups in total. The Labute approximate surface area is 191 Å². The second-order valence-corrected chi connectivity index (χ2v) is 8.82. The van der Waals surface area contributed by atoms with Crippen LogP contribution in [-0.4, -0.2) is 32.4 Å². The van der Waals surface area contributed by atoms with Crippen LogP contribution in [0.25, 0.3) is 0 Å². The molecule has 172 valence electrons. The highest BCUT2D eigenvalue weighted by Crippen LogP contribution is 2.26. The van der Waals surface area contributed by atoms with Crippen LogP contribution in [0.4, 0.5) is 11.4 Å². The number of hydrogen-bond donors (Lipinski definition) is 1. The fourth-order valence-electron chi connectivity index (χ4n) is 3.05. The lowest BCUT2D eigenvalue weighted by Gasteiger charge is -2.24. The molecule has 0 atom stereocenters. The van der Waals surface area contributed by atoms with Gasteiger partial charge in [0.2, 0.25) is 5.91 Å². The summed E-state index contributed by atoms with van der Waals surface area (Å²) < 4.78 is 32.8. The molecule has 1 amide bonds.